The Morgan fingerprint density at radius 1 is 1.06 bits per heavy atom. The van der Waals surface area contributed by atoms with Gasteiger partial charge in [0, 0.05) is 49.0 Å². The van der Waals surface area contributed by atoms with Gasteiger partial charge in [0.2, 0.25) is 0 Å². The van der Waals surface area contributed by atoms with Gasteiger partial charge in [-0.1, -0.05) is 24.1 Å². The van der Waals surface area contributed by atoms with Crippen molar-refractivity contribution in [2.24, 2.45) is 0 Å². The molecule has 162 valence electrons. The molecule has 2 aliphatic rings. The molecule has 0 radical (unpaired) electrons. The molecule has 2 aromatic rings. The van der Waals surface area contributed by atoms with Gasteiger partial charge >= 0.3 is 0 Å². The predicted octanol–water partition coefficient (Wildman–Crippen LogP) is 3.15. The predicted molar refractivity (Wildman–Crippen MR) is 120 cm³/mol. The van der Waals surface area contributed by atoms with Crippen LogP contribution < -0.4 is 0 Å². The smallest absolute Gasteiger partial charge is 0.298 e. The molecule has 2 aliphatic heterocycles. The van der Waals surface area contributed by atoms with Crippen LogP contribution in [0.2, 0.25) is 0 Å². The van der Waals surface area contributed by atoms with E-state index < -0.39 is 0 Å². The molecule has 3 heterocycles. The van der Waals surface area contributed by atoms with Crippen LogP contribution >= 0.6 is 11.3 Å². The third-order valence-electron chi connectivity index (χ3n) is 5.67. The number of morpholine rings is 1. The van der Waals surface area contributed by atoms with Crippen LogP contribution in [0.1, 0.15) is 53.7 Å². The molecule has 2 saturated heterocycles. The Kier molecular flexibility index (Phi) is 6.69. The fourth-order valence-corrected chi connectivity index (χ4v) is 5.10. The van der Waals surface area contributed by atoms with Gasteiger partial charge in [-0.2, -0.15) is 0 Å². The summed E-state index contributed by atoms with van der Waals surface area (Å²) in [6.07, 6.45) is 1.76. The largest absolute Gasteiger partial charge is 0.372 e. The minimum atomic E-state index is -0.132. The Hall–Kier alpha value is -2.69. The van der Waals surface area contributed by atoms with E-state index in [1.807, 2.05) is 59.4 Å². The van der Waals surface area contributed by atoms with Crippen LogP contribution in [0.3, 0.4) is 0 Å². The summed E-state index contributed by atoms with van der Waals surface area (Å²) >= 11 is 1.55. The molecule has 0 bridgehead atoms. The van der Waals surface area contributed by atoms with Gasteiger partial charge in [-0.25, -0.2) is 4.98 Å². The van der Waals surface area contributed by atoms with E-state index in [4.69, 9.17) is 4.74 Å². The van der Waals surface area contributed by atoms with Crippen LogP contribution in [0, 0.1) is 11.8 Å². The molecule has 0 N–H and O–H groups in total. The maximum absolute atomic E-state index is 12.9. The van der Waals surface area contributed by atoms with E-state index in [-0.39, 0.29) is 29.9 Å². The van der Waals surface area contributed by atoms with Gasteiger partial charge in [0.15, 0.2) is 0 Å². The van der Waals surface area contributed by atoms with Gasteiger partial charge in [-0.05, 0) is 38.8 Å². The van der Waals surface area contributed by atoms with Crippen molar-refractivity contribution in [2.45, 2.75) is 44.8 Å². The Morgan fingerprint density at radius 3 is 2.42 bits per heavy atom. The number of rotatable bonds is 2. The molecular formula is C24H27N3O3S. The molecule has 2 atom stereocenters. The molecule has 2 unspecified atom stereocenters. The number of ether oxygens (including phenoxy) is 1. The molecule has 0 spiro atoms. The second-order valence-electron chi connectivity index (χ2n) is 8.22. The van der Waals surface area contributed by atoms with Gasteiger partial charge in [-0.3, -0.25) is 9.59 Å². The molecule has 4 rings (SSSR count). The Bertz CT molecular complexity index is 976. The third-order valence-corrected chi connectivity index (χ3v) is 6.67. The quantitative estimate of drug-likeness (QED) is 0.677. The van der Waals surface area contributed by atoms with Gasteiger partial charge < -0.3 is 14.5 Å². The number of nitrogens with zero attached hydrogens (tertiary/aromatic N) is 3. The second kappa shape index (κ2) is 9.63. The van der Waals surface area contributed by atoms with Crippen molar-refractivity contribution in [2.75, 3.05) is 26.2 Å². The van der Waals surface area contributed by atoms with Crippen LogP contribution in [0.25, 0.3) is 0 Å². The van der Waals surface area contributed by atoms with Gasteiger partial charge in [0.1, 0.15) is 5.69 Å². The molecule has 0 aliphatic carbocycles. The van der Waals surface area contributed by atoms with Crippen LogP contribution in [0.5, 0.6) is 0 Å². The summed E-state index contributed by atoms with van der Waals surface area (Å²) in [5, 5.41) is 2.85. The lowest BCUT2D eigenvalue weighted by atomic mass is 9.97. The number of hydrogen-bond acceptors (Lipinski definition) is 5. The number of carbonyl (C=O) groups excluding carboxylic acids is 2. The molecule has 6 nitrogen and oxygen atoms in total. The van der Waals surface area contributed by atoms with E-state index >= 15 is 0 Å². The summed E-state index contributed by atoms with van der Waals surface area (Å²) in [7, 11) is 0. The van der Waals surface area contributed by atoms with E-state index in [1.165, 1.54) is 0 Å². The highest BCUT2D eigenvalue weighted by Crippen LogP contribution is 2.30. The zero-order chi connectivity index (χ0) is 21.8. The van der Waals surface area contributed by atoms with Crippen LogP contribution in [-0.2, 0) is 9.53 Å². The number of thiazole rings is 1. The highest BCUT2D eigenvalue weighted by molar-refractivity contribution is 7.09. The van der Waals surface area contributed by atoms with E-state index in [0.29, 0.717) is 31.9 Å². The molecular weight excluding hydrogens is 410 g/mol. The van der Waals surface area contributed by atoms with Crippen molar-refractivity contribution in [1.82, 2.24) is 14.8 Å². The van der Waals surface area contributed by atoms with Crippen molar-refractivity contribution in [3.05, 3.63) is 52.0 Å². The number of piperidine rings is 1. The first-order chi connectivity index (χ1) is 15.0. The number of benzene rings is 1. The SMILES string of the molecule is CC1CN(C(=O)c2csc(C3CCN(C(=O)C#Cc4ccccc4)CC3)n2)CC(C)O1. The van der Waals surface area contributed by atoms with Crippen molar-refractivity contribution >= 4 is 23.2 Å². The second-order valence-corrected chi connectivity index (χ2v) is 9.11. The van der Waals surface area contributed by atoms with Gasteiger partial charge in [-0.15, -0.1) is 11.3 Å². The van der Waals surface area contributed by atoms with Crippen molar-refractivity contribution in [1.29, 1.82) is 0 Å². The Labute approximate surface area is 187 Å². The Balaban J connectivity index is 1.32. The summed E-state index contributed by atoms with van der Waals surface area (Å²) in [5.41, 5.74) is 1.36. The van der Waals surface area contributed by atoms with E-state index in [0.717, 1.165) is 23.4 Å². The fourth-order valence-electron chi connectivity index (χ4n) is 4.13. The average Bonchev–Trinajstić information content (AvgIpc) is 3.27. The summed E-state index contributed by atoms with van der Waals surface area (Å²) in [6, 6.07) is 9.54. The normalized spacial score (nSPS) is 22.0. The zero-order valence-corrected chi connectivity index (χ0v) is 18.7. The summed E-state index contributed by atoms with van der Waals surface area (Å²) in [4.78, 5) is 33.6. The minimum Gasteiger partial charge on any atom is -0.372 e. The number of likely N-dealkylation sites (tertiary alicyclic amines) is 1. The summed E-state index contributed by atoms with van der Waals surface area (Å²) in [5.74, 6) is 5.81. The monoisotopic (exact) mass is 437 g/mol. The van der Waals surface area contributed by atoms with Crippen LogP contribution in [0.4, 0.5) is 0 Å². The lowest BCUT2D eigenvalue weighted by Gasteiger charge is -2.34. The van der Waals surface area contributed by atoms with Crippen LogP contribution in [0.15, 0.2) is 35.7 Å². The lowest BCUT2D eigenvalue weighted by molar-refractivity contribution is -0.126. The zero-order valence-electron chi connectivity index (χ0n) is 17.9. The summed E-state index contributed by atoms with van der Waals surface area (Å²) < 4.78 is 5.72. The summed E-state index contributed by atoms with van der Waals surface area (Å²) in [6.45, 7) is 6.49. The van der Waals surface area contributed by atoms with E-state index in [1.54, 1.807) is 11.3 Å². The molecule has 31 heavy (non-hydrogen) atoms. The van der Waals surface area contributed by atoms with Crippen LogP contribution in [-0.4, -0.2) is 65.0 Å². The molecule has 1 aromatic carbocycles. The van der Waals surface area contributed by atoms with Gasteiger partial charge in [0.05, 0.1) is 17.2 Å². The molecule has 0 saturated carbocycles. The van der Waals surface area contributed by atoms with Crippen molar-refractivity contribution in [3.8, 4) is 11.8 Å². The number of carbonyl (C=O) groups is 2. The maximum Gasteiger partial charge on any atom is 0.298 e. The molecule has 2 fully saturated rings. The number of amides is 2. The Morgan fingerprint density at radius 2 is 1.74 bits per heavy atom. The van der Waals surface area contributed by atoms with Crippen molar-refractivity contribution in [3.63, 3.8) is 0 Å². The highest BCUT2D eigenvalue weighted by atomic mass is 32.1. The highest BCUT2D eigenvalue weighted by Gasteiger charge is 2.30. The standard InChI is InChI=1S/C24H27N3O3S/c1-17-14-27(15-18(2)30-17)24(29)21-16-31-23(25-21)20-10-12-26(13-11-20)22(28)9-8-19-6-4-3-5-7-19/h3-7,16-18,20H,10-15H2,1-2H3. The minimum absolute atomic E-state index is 0.0201. The first-order valence-electron chi connectivity index (χ1n) is 10.8. The topological polar surface area (TPSA) is 62.7 Å². The third kappa shape index (κ3) is 5.33. The lowest BCUT2D eigenvalue weighted by Crippen LogP contribution is -2.48. The number of aromatic nitrogens is 1. The molecule has 7 heteroatoms. The first-order valence-corrected chi connectivity index (χ1v) is 11.6. The maximum atomic E-state index is 12.9. The average molecular weight is 438 g/mol. The fraction of sp³-hybridized carbons (Fsp3) is 0.458. The first kappa shape index (κ1) is 21.5. The number of hydrogen-bond donors (Lipinski definition) is 0. The van der Waals surface area contributed by atoms with Crippen molar-refractivity contribution < 1.29 is 14.3 Å². The van der Waals surface area contributed by atoms with Gasteiger partial charge in [0.25, 0.3) is 11.8 Å². The van der Waals surface area contributed by atoms with E-state index in [2.05, 4.69) is 16.8 Å². The van der Waals surface area contributed by atoms with E-state index in [9.17, 15) is 9.59 Å². The molecule has 1 aromatic heterocycles. The molecule has 2 amide bonds.